The molecule has 0 amide bonds. The highest BCUT2D eigenvalue weighted by molar-refractivity contribution is 4.86. The lowest BCUT2D eigenvalue weighted by molar-refractivity contribution is 0.165. The van der Waals surface area contributed by atoms with E-state index in [4.69, 9.17) is 4.52 Å². The third-order valence-corrected chi connectivity index (χ3v) is 3.41. The van der Waals surface area contributed by atoms with Crippen molar-refractivity contribution in [2.75, 3.05) is 7.05 Å². The molecular weight excluding hydrogens is 202 g/mol. The minimum atomic E-state index is 0.700. The Balaban J connectivity index is 1.87. The van der Waals surface area contributed by atoms with Crippen LogP contribution in [-0.4, -0.2) is 28.1 Å². The Morgan fingerprint density at radius 2 is 2.06 bits per heavy atom. The summed E-state index contributed by atoms with van der Waals surface area (Å²) in [6.07, 6.45) is 7.58. The van der Waals surface area contributed by atoms with Crippen LogP contribution in [-0.2, 0) is 13.0 Å². The van der Waals surface area contributed by atoms with Crippen molar-refractivity contribution in [3.05, 3.63) is 11.7 Å². The second-order valence-corrected chi connectivity index (χ2v) is 4.66. The summed E-state index contributed by atoms with van der Waals surface area (Å²) in [5.41, 5.74) is 0. The number of hydrogen-bond acceptors (Lipinski definition) is 4. The summed E-state index contributed by atoms with van der Waals surface area (Å²) in [5.74, 6) is 1.57. The van der Waals surface area contributed by atoms with Gasteiger partial charge in [-0.25, -0.2) is 0 Å². The zero-order chi connectivity index (χ0) is 11.4. The quantitative estimate of drug-likeness (QED) is 0.786. The topological polar surface area (TPSA) is 42.2 Å². The van der Waals surface area contributed by atoms with E-state index in [1.54, 1.807) is 0 Å². The maximum absolute atomic E-state index is 5.21. The van der Waals surface area contributed by atoms with Crippen LogP contribution in [0.15, 0.2) is 4.52 Å². The molecule has 0 radical (unpaired) electrons. The van der Waals surface area contributed by atoms with E-state index in [1.807, 2.05) is 6.92 Å². The van der Waals surface area contributed by atoms with Gasteiger partial charge in [0.1, 0.15) is 0 Å². The van der Waals surface area contributed by atoms with Gasteiger partial charge in [-0.05, 0) is 19.9 Å². The average molecular weight is 223 g/mol. The van der Waals surface area contributed by atoms with Crippen LogP contribution < -0.4 is 0 Å². The van der Waals surface area contributed by atoms with E-state index in [-0.39, 0.29) is 0 Å². The summed E-state index contributed by atoms with van der Waals surface area (Å²) in [4.78, 5) is 6.70. The molecule has 0 bridgehead atoms. The van der Waals surface area contributed by atoms with Crippen molar-refractivity contribution in [2.45, 2.75) is 58.0 Å². The second-order valence-electron chi connectivity index (χ2n) is 4.66. The summed E-state index contributed by atoms with van der Waals surface area (Å²) in [5, 5.41) is 3.92. The molecule has 0 saturated heterocycles. The first kappa shape index (κ1) is 11.6. The normalized spacial score (nSPS) is 18.2. The van der Waals surface area contributed by atoms with E-state index in [9.17, 15) is 0 Å². The lowest BCUT2D eigenvalue weighted by Crippen LogP contribution is -2.32. The standard InChI is InChI=1S/C12H21N3O/c1-3-11-13-12(16-14-11)9-15(2)10-7-5-4-6-8-10/h10H,3-9H2,1-2H3. The molecule has 2 rings (SSSR count). The van der Waals surface area contributed by atoms with Gasteiger partial charge in [-0.2, -0.15) is 4.98 Å². The maximum atomic E-state index is 5.21. The molecule has 1 aromatic heterocycles. The fourth-order valence-corrected chi connectivity index (χ4v) is 2.36. The summed E-state index contributed by atoms with van der Waals surface area (Å²) in [6.45, 7) is 2.83. The van der Waals surface area contributed by atoms with Crippen molar-refractivity contribution >= 4 is 0 Å². The van der Waals surface area contributed by atoms with Crippen molar-refractivity contribution in [2.24, 2.45) is 0 Å². The monoisotopic (exact) mass is 223 g/mol. The molecule has 90 valence electrons. The van der Waals surface area contributed by atoms with E-state index in [2.05, 4.69) is 22.1 Å². The number of nitrogens with zero attached hydrogens (tertiary/aromatic N) is 3. The van der Waals surface area contributed by atoms with Gasteiger partial charge in [0, 0.05) is 12.5 Å². The number of aromatic nitrogens is 2. The molecule has 4 nitrogen and oxygen atoms in total. The first-order valence-electron chi connectivity index (χ1n) is 6.31. The van der Waals surface area contributed by atoms with Crippen LogP contribution in [0.3, 0.4) is 0 Å². The lowest BCUT2D eigenvalue weighted by Gasteiger charge is -2.29. The van der Waals surface area contributed by atoms with Crippen molar-refractivity contribution in [3.8, 4) is 0 Å². The zero-order valence-corrected chi connectivity index (χ0v) is 10.3. The molecule has 1 aliphatic carbocycles. The molecule has 16 heavy (non-hydrogen) atoms. The molecule has 4 heteroatoms. The predicted octanol–water partition coefficient (Wildman–Crippen LogP) is 2.40. The summed E-state index contributed by atoms with van der Waals surface area (Å²) in [7, 11) is 2.16. The van der Waals surface area contributed by atoms with Gasteiger partial charge in [0.25, 0.3) is 0 Å². The Kier molecular flexibility index (Phi) is 3.93. The summed E-state index contributed by atoms with van der Waals surface area (Å²) >= 11 is 0. The van der Waals surface area contributed by atoms with E-state index >= 15 is 0 Å². The molecule has 0 N–H and O–H groups in total. The van der Waals surface area contributed by atoms with E-state index < -0.39 is 0 Å². The molecule has 1 fully saturated rings. The Hall–Kier alpha value is -0.900. The van der Waals surface area contributed by atoms with Gasteiger partial charge >= 0.3 is 0 Å². The van der Waals surface area contributed by atoms with Crippen LogP contribution in [0.1, 0.15) is 50.7 Å². The molecule has 0 aliphatic heterocycles. The fourth-order valence-electron chi connectivity index (χ4n) is 2.36. The molecule has 1 heterocycles. The van der Waals surface area contributed by atoms with Gasteiger partial charge in [0.15, 0.2) is 5.82 Å². The molecular formula is C12H21N3O. The third-order valence-electron chi connectivity index (χ3n) is 3.41. The predicted molar refractivity (Wildman–Crippen MR) is 62.0 cm³/mol. The molecule has 0 atom stereocenters. The smallest absolute Gasteiger partial charge is 0.240 e. The van der Waals surface area contributed by atoms with Gasteiger partial charge in [-0.1, -0.05) is 31.3 Å². The van der Waals surface area contributed by atoms with Crippen LogP contribution in [0.25, 0.3) is 0 Å². The Bertz CT molecular complexity index is 318. The highest BCUT2D eigenvalue weighted by atomic mass is 16.5. The van der Waals surface area contributed by atoms with Crippen molar-refractivity contribution in [3.63, 3.8) is 0 Å². The minimum absolute atomic E-state index is 0.700. The van der Waals surface area contributed by atoms with Crippen molar-refractivity contribution < 1.29 is 4.52 Å². The van der Waals surface area contributed by atoms with E-state index in [0.717, 1.165) is 24.7 Å². The maximum Gasteiger partial charge on any atom is 0.240 e. The average Bonchev–Trinajstić information content (AvgIpc) is 2.78. The Morgan fingerprint density at radius 1 is 1.31 bits per heavy atom. The minimum Gasteiger partial charge on any atom is -0.338 e. The fraction of sp³-hybridized carbons (Fsp3) is 0.833. The first-order chi connectivity index (χ1) is 7.79. The van der Waals surface area contributed by atoms with Gasteiger partial charge in [-0.15, -0.1) is 0 Å². The Labute approximate surface area is 97.0 Å². The molecule has 1 saturated carbocycles. The SMILES string of the molecule is CCc1noc(CN(C)C2CCCCC2)n1. The summed E-state index contributed by atoms with van der Waals surface area (Å²) < 4.78 is 5.21. The van der Waals surface area contributed by atoms with E-state index in [0.29, 0.717) is 6.04 Å². The van der Waals surface area contributed by atoms with Gasteiger partial charge in [-0.3, -0.25) is 4.90 Å². The molecule has 0 spiro atoms. The second kappa shape index (κ2) is 5.43. The third kappa shape index (κ3) is 2.82. The zero-order valence-electron chi connectivity index (χ0n) is 10.3. The van der Waals surface area contributed by atoms with Crippen LogP contribution >= 0.6 is 0 Å². The first-order valence-corrected chi connectivity index (χ1v) is 6.31. The number of aryl methyl sites for hydroxylation is 1. The molecule has 0 unspecified atom stereocenters. The van der Waals surface area contributed by atoms with Crippen LogP contribution in [0.4, 0.5) is 0 Å². The van der Waals surface area contributed by atoms with Crippen molar-refractivity contribution in [1.29, 1.82) is 0 Å². The summed E-state index contributed by atoms with van der Waals surface area (Å²) in [6, 6.07) is 0.700. The van der Waals surface area contributed by atoms with Gasteiger partial charge < -0.3 is 4.52 Å². The van der Waals surface area contributed by atoms with Crippen LogP contribution in [0.5, 0.6) is 0 Å². The molecule has 1 aliphatic rings. The van der Waals surface area contributed by atoms with E-state index in [1.165, 1.54) is 32.1 Å². The van der Waals surface area contributed by atoms with Gasteiger partial charge in [0.05, 0.1) is 6.54 Å². The van der Waals surface area contributed by atoms with Crippen molar-refractivity contribution in [1.82, 2.24) is 15.0 Å². The number of hydrogen-bond donors (Lipinski definition) is 0. The molecule has 1 aromatic rings. The lowest BCUT2D eigenvalue weighted by atomic mass is 9.94. The van der Waals surface area contributed by atoms with Crippen LogP contribution in [0.2, 0.25) is 0 Å². The largest absolute Gasteiger partial charge is 0.338 e. The number of rotatable bonds is 4. The van der Waals surface area contributed by atoms with Gasteiger partial charge in [0.2, 0.25) is 5.89 Å². The highest BCUT2D eigenvalue weighted by Gasteiger charge is 2.19. The highest BCUT2D eigenvalue weighted by Crippen LogP contribution is 2.22. The Morgan fingerprint density at radius 3 is 2.69 bits per heavy atom. The molecule has 0 aromatic carbocycles. The van der Waals surface area contributed by atoms with Crippen LogP contribution in [0, 0.1) is 0 Å².